The molecule has 0 spiro atoms. The van der Waals surface area contributed by atoms with Crippen LogP contribution < -0.4 is 0 Å². The maximum atomic E-state index is 14.7. The highest BCUT2D eigenvalue weighted by Gasteiger charge is 2.74. The Balaban J connectivity index is 1.81. The number of unbranched alkanes of at least 4 members (excludes halogenated alkanes) is 1. The summed E-state index contributed by atoms with van der Waals surface area (Å²) in [6, 6.07) is 0. The topological polar surface area (TPSA) is 127 Å². The second-order valence-electron chi connectivity index (χ2n) is 14.5. The molecule has 2 fully saturated rings. The zero-order valence-electron chi connectivity index (χ0n) is 26.2. The second-order valence-corrected chi connectivity index (χ2v) is 14.5. The molecule has 8 heteroatoms. The Bertz CT molecular complexity index is 1140. The van der Waals surface area contributed by atoms with Gasteiger partial charge in [-0.25, -0.2) is 0 Å². The molecule has 41 heavy (non-hydrogen) atoms. The van der Waals surface area contributed by atoms with Gasteiger partial charge in [0.25, 0.3) is 0 Å². The highest BCUT2D eigenvalue weighted by molar-refractivity contribution is 6.08. The largest absolute Gasteiger partial charge is 0.466 e. The average molecular weight is 575 g/mol. The molecule has 230 valence electrons. The molecule has 8 nitrogen and oxygen atoms in total. The van der Waals surface area contributed by atoms with Crippen molar-refractivity contribution in [2.24, 2.45) is 39.4 Å². The number of esters is 2. The Morgan fingerprint density at radius 2 is 1.76 bits per heavy atom. The predicted octanol–water partition coefficient (Wildman–Crippen LogP) is 4.73. The maximum Gasteiger partial charge on any atom is 0.305 e. The fourth-order valence-electron chi connectivity index (χ4n) is 9.38. The molecule has 4 rings (SSSR count). The summed E-state index contributed by atoms with van der Waals surface area (Å²) >= 11 is 0. The third kappa shape index (κ3) is 4.62. The average Bonchev–Trinajstić information content (AvgIpc) is 3.10. The van der Waals surface area contributed by atoms with Crippen LogP contribution in [-0.4, -0.2) is 58.6 Å². The Hall–Kier alpha value is -2.06. The van der Waals surface area contributed by atoms with E-state index in [9.17, 15) is 29.4 Å². The van der Waals surface area contributed by atoms with Crippen LogP contribution in [0.3, 0.4) is 0 Å². The minimum Gasteiger partial charge on any atom is -0.466 e. The molecule has 0 amide bonds. The van der Waals surface area contributed by atoms with Gasteiger partial charge >= 0.3 is 11.9 Å². The summed E-state index contributed by atoms with van der Waals surface area (Å²) in [6.07, 6.45) is 1.12. The van der Waals surface area contributed by atoms with Gasteiger partial charge in [-0.2, -0.15) is 0 Å². The zero-order valence-corrected chi connectivity index (χ0v) is 26.2. The van der Waals surface area contributed by atoms with E-state index in [2.05, 4.69) is 0 Å². The monoisotopic (exact) mass is 574 g/mol. The van der Waals surface area contributed by atoms with Crippen LogP contribution in [-0.2, 0) is 28.7 Å². The fourth-order valence-corrected chi connectivity index (χ4v) is 9.38. The van der Waals surface area contributed by atoms with Crippen molar-refractivity contribution in [1.29, 1.82) is 0 Å². The Labute approximate surface area is 244 Å². The minimum atomic E-state index is -1.23. The number of aliphatic hydroxyl groups is 2. The summed E-state index contributed by atoms with van der Waals surface area (Å²) in [6.45, 7) is 15.3. The van der Waals surface area contributed by atoms with E-state index in [1.807, 2.05) is 48.5 Å². The van der Waals surface area contributed by atoms with Crippen molar-refractivity contribution in [3.05, 3.63) is 11.1 Å². The van der Waals surface area contributed by atoms with E-state index in [-0.39, 0.29) is 48.1 Å². The van der Waals surface area contributed by atoms with E-state index in [1.54, 1.807) is 0 Å². The fraction of sp³-hybridized carbons (Fsp3) is 0.818. The smallest absolute Gasteiger partial charge is 0.305 e. The van der Waals surface area contributed by atoms with Crippen molar-refractivity contribution in [2.45, 2.75) is 125 Å². The summed E-state index contributed by atoms with van der Waals surface area (Å²) in [5.74, 6) is -1.99. The van der Waals surface area contributed by atoms with Crippen LogP contribution in [0.25, 0.3) is 0 Å². The van der Waals surface area contributed by atoms with Crippen LogP contribution >= 0.6 is 0 Å². The lowest BCUT2D eigenvalue weighted by atomic mass is 9.42. The summed E-state index contributed by atoms with van der Waals surface area (Å²) in [4.78, 5) is 53.8. The van der Waals surface area contributed by atoms with Gasteiger partial charge in [-0.15, -0.1) is 0 Å². The summed E-state index contributed by atoms with van der Waals surface area (Å²) in [5, 5.41) is 22.7. The standard InChI is InChI=1S/C33H50O8/c1-9-10-15-40-25(38)12-11-18(2)20-16-24(37)33(8)26-21(35)17-22-30(4,5)23(36)13-14-31(22,6)27(26)28(39)29(32(20,33)7)41-19(3)34/h18,20-23,29,35-36H,9-17H2,1-8H3/t18-,20-,21+,22+,23+,29-,31+,32+,33+/m1/s1. The molecular weight excluding hydrogens is 524 g/mol. The van der Waals surface area contributed by atoms with Gasteiger partial charge in [0.05, 0.1) is 24.2 Å². The molecule has 0 aromatic rings. The lowest BCUT2D eigenvalue weighted by Gasteiger charge is -2.62. The first kappa shape index (κ1) is 31.9. The van der Waals surface area contributed by atoms with Crippen molar-refractivity contribution in [3.63, 3.8) is 0 Å². The number of aliphatic hydroxyl groups excluding tert-OH is 2. The molecule has 2 saturated carbocycles. The Morgan fingerprint density at radius 3 is 2.37 bits per heavy atom. The van der Waals surface area contributed by atoms with Gasteiger partial charge in [0, 0.05) is 30.8 Å². The summed E-state index contributed by atoms with van der Waals surface area (Å²) in [5.41, 5.74) is -2.68. The van der Waals surface area contributed by atoms with Gasteiger partial charge in [-0.05, 0) is 73.2 Å². The number of carbonyl (C=O) groups is 4. The van der Waals surface area contributed by atoms with Gasteiger partial charge in [0.15, 0.2) is 6.10 Å². The third-order valence-corrected chi connectivity index (χ3v) is 12.0. The van der Waals surface area contributed by atoms with Gasteiger partial charge in [0.2, 0.25) is 5.78 Å². The van der Waals surface area contributed by atoms with Crippen molar-refractivity contribution in [2.75, 3.05) is 6.61 Å². The van der Waals surface area contributed by atoms with Crippen molar-refractivity contribution in [3.8, 4) is 0 Å². The lowest BCUT2D eigenvalue weighted by molar-refractivity contribution is -0.178. The van der Waals surface area contributed by atoms with Crippen LogP contribution in [0.15, 0.2) is 11.1 Å². The predicted molar refractivity (Wildman–Crippen MR) is 152 cm³/mol. The highest BCUT2D eigenvalue weighted by atomic mass is 16.5. The number of Topliss-reactive ketones (excluding diaryl/α,β-unsaturated/α-hetero) is 2. The van der Waals surface area contributed by atoms with Gasteiger partial charge in [0.1, 0.15) is 5.78 Å². The molecule has 0 radical (unpaired) electrons. The number of fused-ring (bicyclic) bond motifs is 4. The second kappa shape index (κ2) is 10.9. The molecule has 0 unspecified atom stereocenters. The molecule has 4 aliphatic rings. The first-order chi connectivity index (χ1) is 19.0. The van der Waals surface area contributed by atoms with Crippen LogP contribution in [0, 0.1) is 39.4 Å². The molecule has 9 atom stereocenters. The first-order valence-corrected chi connectivity index (χ1v) is 15.5. The summed E-state index contributed by atoms with van der Waals surface area (Å²) in [7, 11) is 0. The van der Waals surface area contributed by atoms with E-state index >= 15 is 0 Å². The molecule has 0 heterocycles. The normalized spacial score (nSPS) is 40.4. The molecule has 2 N–H and O–H groups in total. The Morgan fingerprint density at radius 1 is 1.10 bits per heavy atom. The number of ketones is 2. The van der Waals surface area contributed by atoms with Crippen molar-refractivity contribution >= 4 is 23.5 Å². The third-order valence-electron chi connectivity index (χ3n) is 12.0. The van der Waals surface area contributed by atoms with Crippen LogP contribution in [0.1, 0.15) is 107 Å². The lowest BCUT2D eigenvalue weighted by Crippen LogP contribution is -2.65. The number of rotatable bonds is 8. The molecule has 0 bridgehead atoms. The number of carbonyl (C=O) groups excluding carboxylic acids is 4. The van der Waals surface area contributed by atoms with E-state index in [4.69, 9.17) is 9.47 Å². The molecule has 0 saturated heterocycles. The van der Waals surface area contributed by atoms with E-state index in [1.165, 1.54) is 6.92 Å². The van der Waals surface area contributed by atoms with E-state index < -0.39 is 45.9 Å². The number of hydrogen-bond donors (Lipinski definition) is 2. The van der Waals surface area contributed by atoms with Gasteiger partial charge in [-0.3, -0.25) is 19.2 Å². The SMILES string of the molecule is CCCCOC(=O)CC[C@@H](C)[C@H]1CC(=O)[C@@]2(C)C3=C(C(=O)[C@@H](OC(C)=O)[C@]12C)[C@@]1(C)CC[C@H](O)C(C)(C)[C@@H]1C[C@@H]3O. The quantitative estimate of drug-likeness (QED) is 0.315. The highest BCUT2D eigenvalue weighted by Crippen LogP contribution is 2.71. The zero-order chi connectivity index (χ0) is 30.7. The summed E-state index contributed by atoms with van der Waals surface area (Å²) < 4.78 is 11.2. The van der Waals surface area contributed by atoms with Crippen LogP contribution in [0.2, 0.25) is 0 Å². The van der Waals surface area contributed by atoms with Crippen molar-refractivity contribution < 1.29 is 38.9 Å². The molecule has 4 aliphatic carbocycles. The molecule has 0 aromatic heterocycles. The molecular formula is C33H50O8. The van der Waals surface area contributed by atoms with Gasteiger partial charge < -0.3 is 19.7 Å². The van der Waals surface area contributed by atoms with Crippen LogP contribution in [0.4, 0.5) is 0 Å². The van der Waals surface area contributed by atoms with Gasteiger partial charge in [-0.1, -0.05) is 48.0 Å². The number of hydrogen-bond acceptors (Lipinski definition) is 8. The Kier molecular flexibility index (Phi) is 8.47. The van der Waals surface area contributed by atoms with Crippen molar-refractivity contribution in [1.82, 2.24) is 0 Å². The molecule has 0 aromatic carbocycles. The maximum absolute atomic E-state index is 14.7. The van der Waals surface area contributed by atoms with E-state index in [0.29, 0.717) is 43.4 Å². The molecule has 0 aliphatic heterocycles. The minimum absolute atomic E-state index is 0.0734. The number of ether oxygens (including phenoxy) is 2. The van der Waals surface area contributed by atoms with E-state index in [0.717, 1.165) is 12.8 Å². The van der Waals surface area contributed by atoms with Crippen LogP contribution in [0.5, 0.6) is 0 Å². The first-order valence-electron chi connectivity index (χ1n) is 15.5.